The molecule has 1 aromatic heterocycles. The van der Waals surface area contributed by atoms with Crippen LogP contribution < -0.4 is 10.5 Å². The SMILES string of the molecule is CCOc1noc(N)c1C=C=O. The predicted octanol–water partition coefficient (Wildman–Crippen LogP) is 0.500. The smallest absolute Gasteiger partial charge is 0.264 e. The molecule has 0 aliphatic heterocycles. The normalized spacial score (nSPS) is 9.08. The average molecular weight is 168 g/mol. The van der Waals surface area contributed by atoms with Gasteiger partial charge in [0.1, 0.15) is 11.5 Å². The van der Waals surface area contributed by atoms with Crippen LogP contribution in [0.2, 0.25) is 0 Å². The fourth-order valence-electron chi connectivity index (χ4n) is 0.727. The zero-order valence-electron chi connectivity index (χ0n) is 6.53. The first-order chi connectivity index (χ1) is 5.79. The van der Waals surface area contributed by atoms with Gasteiger partial charge in [0.15, 0.2) is 0 Å². The summed E-state index contributed by atoms with van der Waals surface area (Å²) in [6, 6.07) is 0. The van der Waals surface area contributed by atoms with Crippen LogP contribution in [0.1, 0.15) is 12.5 Å². The lowest BCUT2D eigenvalue weighted by atomic mass is 10.3. The summed E-state index contributed by atoms with van der Waals surface area (Å²) in [6.45, 7) is 2.23. The van der Waals surface area contributed by atoms with Crippen LogP contribution >= 0.6 is 0 Å². The maximum atomic E-state index is 10.0. The third-order valence-electron chi connectivity index (χ3n) is 1.21. The Morgan fingerprint density at radius 3 is 3.17 bits per heavy atom. The number of hydrogen-bond acceptors (Lipinski definition) is 5. The number of carbonyl (C=O) groups excluding carboxylic acids is 1. The van der Waals surface area contributed by atoms with Crippen molar-refractivity contribution >= 4 is 17.9 Å². The van der Waals surface area contributed by atoms with E-state index in [0.29, 0.717) is 12.2 Å². The van der Waals surface area contributed by atoms with Crippen LogP contribution in [-0.2, 0) is 4.79 Å². The average Bonchev–Trinajstić information content (AvgIpc) is 2.37. The molecule has 0 bridgehead atoms. The van der Waals surface area contributed by atoms with Gasteiger partial charge in [0.2, 0.25) is 5.88 Å². The first-order valence-electron chi connectivity index (χ1n) is 3.38. The fourth-order valence-corrected chi connectivity index (χ4v) is 0.727. The van der Waals surface area contributed by atoms with Crippen molar-refractivity contribution in [3.8, 4) is 5.88 Å². The van der Waals surface area contributed by atoms with Crippen LogP contribution in [0.3, 0.4) is 0 Å². The van der Waals surface area contributed by atoms with E-state index in [9.17, 15) is 4.79 Å². The first-order valence-corrected chi connectivity index (χ1v) is 3.38. The Labute approximate surface area is 68.8 Å². The molecule has 0 aliphatic rings. The zero-order valence-corrected chi connectivity index (χ0v) is 6.53. The van der Waals surface area contributed by atoms with E-state index in [2.05, 4.69) is 9.68 Å². The van der Waals surface area contributed by atoms with E-state index in [1.165, 1.54) is 0 Å². The van der Waals surface area contributed by atoms with Gasteiger partial charge >= 0.3 is 0 Å². The summed E-state index contributed by atoms with van der Waals surface area (Å²) in [6.07, 6.45) is 1.12. The molecule has 1 rings (SSSR count). The Morgan fingerprint density at radius 2 is 2.58 bits per heavy atom. The summed E-state index contributed by atoms with van der Waals surface area (Å²) < 4.78 is 9.61. The molecular weight excluding hydrogens is 160 g/mol. The zero-order chi connectivity index (χ0) is 8.97. The number of rotatable bonds is 3. The van der Waals surface area contributed by atoms with E-state index < -0.39 is 0 Å². The number of hydrogen-bond donors (Lipinski definition) is 1. The van der Waals surface area contributed by atoms with Crippen LogP contribution in [0.5, 0.6) is 5.88 Å². The topological polar surface area (TPSA) is 78.3 Å². The van der Waals surface area contributed by atoms with E-state index in [1.807, 2.05) is 0 Å². The van der Waals surface area contributed by atoms with E-state index in [0.717, 1.165) is 6.08 Å². The summed E-state index contributed by atoms with van der Waals surface area (Å²) in [5, 5.41) is 3.49. The van der Waals surface area contributed by atoms with Gasteiger partial charge in [-0.05, 0) is 12.1 Å². The molecule has 0 amide bonds. The monoisotopic (exact) mass is 168 g/mol. The second-order valence-electron chi connectivity index (χ2n) is 1.96. The molecule has 12 heavy (non-hydrogen) atoms. The Morgan fingerprint density at radius 1 is 1.83 bits per heavy atom. The Balaban J connectivity index is 3.03. The maximum Gasteiger partial charge on any atom is 0.264 e. The van der Waals surface area contributed by atoms with E-state index in [1.54, 1.807) is 12.9 Å². The van der Waals surface area contributed by atoms with Gasteiger partial charge in [0.05, 0.1) is 6.61 Å². The molecule has 5 heteroatoms. The van der Waals surface area contributed by atoms with E-state index >= 15 is 0 Å². The molecule has 64 valence electrons. The molecule has 2 N–H and O–H groups in total. The second-order valence-corrected chi connectivity index (χ2v) is 1.96. The molecule has 0 unspecified atom stereocenters. The van der Waals surface area contributed by atoms with Gasteiger partial charge in [-0.25, -0.2) is 4.79 Å². The van der Waals surface area contributed by atoms with Gasteiger partial charge in [0.25, 0.3) is 5.88 Å². The Kier molecular flexibility index (Phi) is 2.50. The number of nitrogens with zero attached hydrogens (tertiary/aromatic N) is 1. The molecule has 0 radical (unpaired) electrons. The Hall–Kier alpha value is -1.74. The summed E-state index contributed by atoms with van der Waals surface area (Å²) >= 11 is 0. The van der Waals surface area contributed by atoms with Crippen molar-refractivity contribution in [2.24, 2.45) is 0 Å². The van der Waals surface area contributed by atoms with Crippen molar-refractivity contribution in [2.45, 2.75) is 6.92 Å². The fraction of sp³-hybridized carbons (Fsp3) is 0.286. The standard InChI is InChI=1S/C7H8N2O3/c1-2-11-7-5(3-4-10)6(8)12-9-7/h3H,2,8H2,1H3. The lowest BCUT2D eigenvalue weighted by molar-refractivity contribution is 0.297. The van der Waals surface area contributed by atoms with Crippen LogP contribution in [0.15, 0.2) is 4.52 Å². The van der Waals surface area contributed by atoms with Crippen molar-refractivity contribution in [3.05, 3.63) is 5.56 Å². The summed E-state index contributed by atoms with van der Waals surface area (Å²) in [7, 11) is 0. The highest BCUT2D eigenvalue weighted by molar-refractivity contribution is 5.80. The molecule has 0 aliphatic carbocycles. The second kappa shape index (κ2) is 3.59. The van der Waals surface area contributed by atoms with Gasteiger partial charge in [-0.2, -0.15) is 0 Å². The number of ether oxygens (including phenoxy) is 1. The van der Waals surface area contributed by atoms with Crippen molar-refractivity contribution in [1.29, 1.82) is 0 Å². The summed E-state index contributed by atoms with van der Waals surface area (Å²) in [5.41, 5.74) is 5.68. The van der Waals surface area contributed by atoms with E-state index in [-0.39, 0.29) is 11.8 Å². The van der Waals surface area contributed by atoms with Crippen molar-refractivity contribution < 1.29 is 14.1 Å². The minimum absolute atomic E-state index is 0.0572. The third kappa shape index (κ3) is 1.46. The van der Waals surface area contributed by atoms with Gasteiger partial charge in [0, 0.05) is 6.08 Å². The van der Waals surface area contributed by atoms with Crippen LogP contribution in [0, 0.1) is 0 Å². The molecule has 0 saturated carbocycles. The first kappa shape index (κ1) is 8.36. The van der Waals surface area contributed by atoms with Gasteiger partial charge in [-0.1, -0.05) is 0 Å². The van der Waals surface area contributed by atoms with Crippen LogP contribution in [0.25, 0.3) is 6.08 Å². The highest BCUT2D eigenvalue weighted by Crippen LogP contribution is 2.23. The maximum absolute atomic E-state index is 10.0. The highest BCUT2D eigenvalue weighted by atomic mass is 16.5. The van der Waals surface area contributed by atoms with Crippen LogP contribution in [-0.4, -0.2) is 17.7 Å². The number of nitrogen functional groups attached to an aromatic ring is 1. The minimum Gasteiger partial charge on any atom is -0.475 e. The third-order valence-corrected chi connectivity index (χ3v) is 1.21. The van der Waals surface area contributed by atoms with Crippen molar-refractivity contribution in [2.75, 3.05) is 12.3 Å². The highest BCUT2D eigenvalue weighted by Gasteiger charge is 2.11. The molecule has 1 aromatic rings. The largest absolute Gasteiger partial charge is 0.475 e. The molecular formula is C7H8N2O3. The number of aromatic nitrogens is 1. The molecule has 0 aromatic carbocycles. The van der Waals surface area contributed by atoms with Crippen molar-refractivity contribution in [1.82, 2.24) is 5.16 Å². The molecule has 0 saturated heterocycles. The quantitative estimate of drug-likeness (QED) is 0.665. The van der Waals surface area contributed by atoms with Crippen molar-refractivity contribution in [3.63, 3.8) is 0 Å². The molecule has 0 atom stereocenters. The van der Waals surface area contributed by atoms with Gasteiger partial charge in [-0.15, -0.1) is 0 Å². The summed E-state index contributed by atoms with van der Waals surface area (Å²) in [5.74, 6) is 1.85. The lowest BCUT2D eigenvalue weighted by Crippen LogP contribution is -1.93. The molecule has 5 nitrogen and oxygen atoms in total. The minimum atomic E-state index is 0.0572. The Bertz CT molecular complexity index is 312. The van der Waals surface area contributed by atoms with E-state index in [4.69, 9.17) is 10.5 Å². The number of anilines is 1. The molecule has 0 fully saturated rings. The lowest BCUT2D eigenvalue weighted by Gasteiger charge is -1.95. The van der Waals surface area contributed by atoms with Crippen LogP contribution in [0.4, 0.5) is 5.88 Å². The summed E-state index contributed by atoms with van der Waals surface area (Å²) in [4.78, 5) is 10.0. The van der Waals surface area contributed by atoms with Gasteiger partial charge < -0.3 is 15.0 Å². The molecule has 1 heterocycles. The van der Waals surface area contributed by atoms with Gasteiger partial charge in [-0.3, -0.25) is 0 Å². The number of nitrogens with two attached hydrogens (primary N) is 1. The molecule has 0 spiro atoms. The predicted molar refractivity (Wildman–Crippen MR) is 42.2 cm³/mol.